The van der Waals surface area contributed by atoms with Gasteiger partial charge in [0.2, 0.25) is 0 Å². The Hall–Kier alpha value is -16.4. The molecule has 0 saturated heterocycles. The summed E-state index contributed by atoms with van der Waals surface area (Å²) in [6, 6.07) is 139. The molecule has 0 bridgehead atoms. The van der Waals surface area contributed by atoms with Gasteiger partial charge in [-0.3, -0.25) is 0 Å². The van der Waals surface area contributed by atoms with Gasteiger partial charge in [0.1, 0.15) is 74.6 Å². The van der Waals surface area contributed by atoms with E-state index in [2.05, 4.69) is 454 Å². The van der Waals surface area contributed by atoms with Crippen molar-refractivity contribution < 1.29 is 32.8 Å². The molecule has 668 valence electrons. The highest BCUT2D eigenvalue weighted by atomic mass is 16.5. The molecule has 6 aliphatic rings. The Bertz CT molecular complexity index is 8200. The number of hydrogen-bond donors (Lipinski definition) is 0. The summed E-state index contributed by atoms with van der Waals surface area (Å²) in [7, 11) is 0. The maximum Gasteiger partial charge on any atom is 0.260 e. The van der Waals surface area contributed by atoms with Crippen LogP contribution < -0.4 is 92.3 Å². The van der Waals surface area contributed by atoms with Crippen LogP contribution in [-0.4, -0.2) is 20.1 Å². The second-order valence-electron chi connectivity index (χ2n) is 39.1. The van der Waals surface area contributed by atoms with Gasteiger partial charge in [0.25, 0.3) is 20.1 Å². The number of aryl methyl sites for hydroxylation is 2. The van der Waals surface area contributed by atoms with Crippen molar-refractivity contribution in [3.05, 3.63) is 422 Å². The average Bonchev–Trinajstić information content (AvgIpc) is 1.03. The monoisotopic (exact) mass is 1800 g/mol. The Labute approximate surface area is 811 Å². The summed E-state index contributed by atoms with van der Waals surface area (Å²) >= 11 is 0. The lowest BCUT2D eigenvalue weighted by atomic mass is 9.34. The van der Waals surface area contributed by atoms with Gasteiger partial charge < -0.3 is 47.5 Å². The molecule has 0 spiro atoms. The lowest BCUT2D eigenvalue weighted by Crippen LogP contribution is -2.57. The van der Waals surface area contributed by atoms with Crippen LogP contribution in [-0.2, 0) is 0 Å². The van der Waals surface area contributed by atoms with Gasteiger partial charge in [-0.05, 0) is 245 Å². The molecule has 27 rings (SSSR count). The van der Waals surface area contributed by atoms with E-state index >= 15 is 0 Å². The molecule has 6 aliphatic heterocycles. The quantitative estimate of drug-likeness (QED) is 0.104. The van der Waals surface area contributed by atoms with Crippen LogP contribution in [0, 0.1) is 13.8 Å². The molecular formula is C126H98B3N3O7. The molecule has 7 heterocycles. The van der Waals surface area contributed by atoms with E-state index in [0.717, 1.165) is 159 Å². The summed E-state index contributed by atoms with van der Waals surface area (Å²) in [6.45, 7) is 22.3. The van der Waals surface area contributed by atoms with Gasteiger partial charge in [0, 0.05) is 92.0 Å². The van der Waals surface area contributed by atoms with E-state index in [-0.39, 0.29) is 20.1 Å². The van der Waals surface area contributed by atoms with Gasteiger partial charge in [-0.2, -0.15) is 0 Å². The molecule has 13 heteroatoms. The first-order valence-corrected chi connectivity index (χ1v) is 48.6. The zero-order chi connectivity index (χ0) is 93.7. The SMILES string of the molecule is CC(C)c1ccc2c(c1)B1c3cc(C(C)C)ccc3Oc3cc(N(c4ccc5ccccc5c4)c4ccc5ccccc5c4)cc(c31)O2.CC(C)c1ccc2c(c1)Oc1cc(N(c3ccc4ccccc4c3)c3ccc4ccccc4c3)cc3c1B2c1ccc(C(C)C)cc1O3.Cc1ccc2c(c1)B1c3cc(C)ccc3Oc3cc(N(c4ccccc4)c4cccc5c4oc4ccccc45)cc(c31)O2. The molecule has 0 fully saturated rings. The molecule has 20 aromatic carbocycles. The van der Waals surface area contributed by atoms with Crippen molar-refractivity contribution in [2.75, 3.05) is 14.7 Å². The fourth-order valence-electron chi connectivity index (χ4n) is 21.7. The van der Waals surface area contributed by atoms with Crippen LogP contribution in [0.2, 0.25) is 0 Å². The standard InChI is InChI=1S/2C44H36BNO2.C38H26BNO3/c1-27(2)31-15-19-40-38(23-31)45-39-24-32(28(3)4)16-20-41(39)48-43-26-37(25-42(47-40)44(43)45)46(35-17-13-29-9-5-7-11-33(29)21-35)36-18-14-30-10-6-8-12-34(30)22-36;1-27(2)31-15-19-38-40(23-31)47-42-25-37(26-43-44(42)45(38)39-20-16-32(28(3)4)24-41(39)48-43)46(35-17-13-29-9-5-7-11-33(29)21-35)36-18-14-30-10-6-8-12-34(30)22-36;1-23-15-17-33-29(19-23)39-30-20-24(2)16-18-34(30)42-36-22-26(21-35(41-33)37(36)39)40(25-9-4-3-5-10-25)31-13-8-12-28-27-11-6-7-14-32(27)43-38(28)31/h2*5-28H,1-4H3;3-22H,1-2H3. The number of para-hydroxylation sites is 3. The first kappa shape index (κ1) is 84.4. The van der Waals surface area contributed by atoms with E-state index in [0.29, 0.717) is 23.7 Å². The largest absolute Gasteiger partial charge is 0.458 e. The average molecular weight is 1800 g/mol. The summed E-state index contributed by atoms with van der Waals surface area (Å²) < 4.78 is 47.4. The first-order chi connectivity index (χ1) is 67.9. The molecule has 21 aromatic rings. The number of ether oxygens (including phenoxy) is 6. The number of benzene rings is 20. The van der Waals surface area contributed by atoms with Crippen molar-refractivity contribution in [2.45, 2.75) is 92.9 Å². The van der Waals surface area contributed by atoms with Crippen molar-refractivity contribution in [3.8, 4) is 69.0 Å². The Morgan fingerprint density at radius 2 is 0.511 bits per heavy atom. The molecule has 0 N–H and O–H groups in total. The number of rotatable bonds is 13. The van der Waals surface area contributed by atoms with Crippen molar-refractivity contribution in [1.82, 2.24) is 0 Å². The fraction of sp³-hybridized carbons (Fsp3) is 0.111. The Morgan fingerprint density at radius 1 is 0.201 bits per heavy atom. The molecule has 0 amide bonds. The highest BCUT2D eigenvalue weighted by Crippen LogP contribution is 2.51. The molecule has 0 saturated carbocycles. The number of fused-ring (bicyclic) bond motifs is 19. The van der Waals surface area contributed by atoms with E-state index in [1.54, 1.807) is 0 Å². The number of furan rings is 1. The highest BCUT2D eigenvalue weighted by Gasteiger charge is 2.46. The van der Waals surface area contributed by atoms with Gasteiger partial charge >= 0.3 is 0 Å². The van der Waals surface area contributed by atoms with Gasteiger partial charge in [-0.25, -0.2) is 0 Å². The van der Waals surface area contributed by atoms with Crippen molar-refractivity contribution >= 4 is 186 Å². The minimum Gasteiger partial charge on any atom is -0.458 e. The fourth-order valence-corrected chi connectivity index (χ4v) is 21.7. The second kappa shape index (κ2) is 33.9. The van der Waals surface area contributed by atoms with E-state index in [1.807, 2.05) is 18.2 Å². The normalized spacial score (nSPS) is 12.8. The Balaban J connectivity index is 0.000000110. The predicted molar refractivity (Wildman–Crippen MR) is 580 cm³/mol. The van der Waals surface area contributed by atoms with Crippen molar-refractivity contribution in [2.24, 2.45) is 0 Å². The molecule has 139 heavy (non-hydrogen) atoms. The molecule has 0 unspecified atom stereocenters. The molecule has 0 atom stereocenters. The molecule has 1 aromatic heterocycles. The van der Waals surface area contributed by atoms with E-state index < -0.39 is 0 Å². The number of hydrogen-bond acceptors (Lipinski definition) is 10. The number of nitrogens with zero attached hydrogens (tertiary/aromatic N) is 3. The second-order valence-corrected chi connectivity index (χ2v) is 39.1. The molecule has 0 aliphatic carbocycles. The lowest BCUT2D eigenvalue weighted by Gasteiger charge is -2.35. The summed E-state index contributed by atoms with van der Waals surface area (Å²) in [4.78, 5) is 6.89. The maximum absolute atomic E-state index is 6.89. The molecular weight excluding hydrogens is 1700 g/mol. The van der Waals surface area contributed by atoms with Crippen LogP contribution in [0.15, 0.2) is 393 Å². The van der Waals surface area contributed by atoms with Gasteiger partial charge in [0.05, 0.1) is 22.7 Å². The van der Waals surface area contributed by atoms with Gasteiger partial charge in [-0.1, -0.05) is 309 Å². The van der Waals surface area contributed by atoms with Crippen LogP contribution in [0.5, 0.6) is 69.0 Å². The summed E-state index contributed by atoms with van der Waals surface area (Å²) in [5, 5.41) is 11.8. The maximum atomic E-state index is 6.89. The topological polar surface area (TPSA) is 78.2 Å². The lowest BCUT2D eigenvalue weighted by molar-refractivity contribution is 0.463. The summed E-state index contributed by atoms with van der Waals surface area (Å²) in [6.07, 6.45) is 0. The third kappa shape index (κ3) is 14.8. The van der Waals surface area contributed by atoms with Crippen LogP contribution >= 0.6 is 0 Å². The van der Waals surface area contributed by atoms with Crippen molar-refractivity contribution in [3.63, 3.8) is 0 Å². The van der Waals surface area contributed by atoms with Crippen LogP contribution in [0.3, 0.4) is 0 Å². The molecule has 0 radical (unpaired) electrons. The Kier molecular flexibility index (Phi) is 20.6. The zero-order valence-corrected chi connectivity index (χ0v) is 79.2. The highest BCUT2D eigenvalue weighted by molar-refractivity contribution is 6.99. The van der Waals surface area contributed by atoms with Crippen LogP contribution in [0.4, 0.5) is 51.2 Å². The van der Waals surface area contributed by atoms with Gasteiger partial charge in [-0.15, -0.1) is 0 Å². The van der Waals surface area contributed by atoms with Crippen LogP contribution in [0.1, 0.15) is 112 Å². The number of anilines is 9. The summed E-state index contributed by atoms with van der Waals surface area (Å²) in [5.74, 6) is 12.0. The molecule has 10 nitrogen and oxygen atoms in total. The third-order valence-electron chi connectivity index (χ3n) is 28.8. The van der Waals surface area contributed by atoms with E-state index in [4.69, 9.17) is 32.8 Å². The van der Waals surface area contributed by atoms with E-state index in [9.17, 15) is 0 Å². The predicted octanol–water partition coefficient (Wildman–Crippen LogP) is 29.3. The van der Waals surface area contributed by atoms with Crippen LogP contribution in [0.25, 0.3) is 65.0 Å². The van der Waals surface area contributed by atoms with Gasteiger partial charge in [0.15, 0.2) is 5.58 Å². The first-order valence-electron chi connectivity index (χ1n) is 48.6. The minimum atomic E-state index is 0.0173. The Morgan fingerprint density at radius 3 is 0.899 bits per heavy atom. The zero-order valence-electron chi connectivity index (χ0n) is 79.2. The third-order valence-corrected chi connectivity index (χ3v) is 28.8. The smallest absolute Gasteiger partial charge is 0.260 e. The van der Waals surface area contributed by atoms with Crippen molar-refractivity contribution in [1.29, 1.82) is 0 Å². The summed E-state index contributed by atoms with van der Waals surface area (Å²) in [5.41, 5.74) is 28.8. The minimum absolute atomic E-state index is 0.0173. The van der Waals surface area contributed by atoms with E-state index in [1.165, 1.54) is 109 Å².